The molecule has 5 rings (SSSR count). The Labute approximate surface area is 206 Å². The van der Waals surface area contributed by atoms with E-state index in [1.54, 1.807) is 12.4 Å². The summed E-state index contributed by atoms with van der Waals surface area (Å²) in [5, 5.41) is 6.59. The van der Waals surface area contributed by atoms with Crippen LogP contribution < -0.4 is 15.4 Å². The van der Waals surface area contributed by atoms with E-state index in [2.05, 4.69) is 33.8 Å². The van der Waals surface area contributed by atoms with Crippen LogP contribution in [0.1, 0.15) is 30.4 Å². The predicted octanol–water partition coefficient (Wildman–Crippen LogP) is 5.07. The molecular formula is C29H31N3O3. The van der Waals surface area contributed by atoms with Crippen LogP contribution in [0, 0.1) is 5.92 Å². The van der Waals surface area contributed by atoms with Gasteiger partial charge >= 0.3 is 0 Å². The first-order valence-electron chi connectivity index (χ1n) is 12.3. The average molecular weight is 470 g/mol. The smallest absolute Gasteiger partial charge is 0.251 e. The summed E-state index contributed by atoms with van der Waals surface area (Å²) < 4.78 is 11.3. The fourth-order valence-electron chi connectivity index (χ4n) is 4.51. The van der Waals surface area contributed by atoms with Crippen LogP contribution in [0.5, 0.6) is 5.75 Å². The summed E-state index contributed by atoms with van der Waals surface area (Å²) in [5.74, 6) is 1.40. The van der Waals surface area contributed by atoms with Crippen LogP contribution in [0.4, 0.5) is 5.69 Å². The van der Waals surface area contributed by atoms with Gasteiger partial charge in [0.15, 0.2) is 0 Å². The summed E-state index contributed by atoms with van der Waals surface area (Å²) in [4.78, 5) is 17.1. The van der Waals surface area contributed by atoms with Gasteiger partial charge in [0.2, 0.25) is 0 Å². The lowest BCUT2D eigenvalue weighted by atomic mass is 10.0. The van der Waals surface area contributed by atoms with Crippen molar-refractivity contribution in [2.24, 2.45) is 5.92 Å². The first kappa shape index (κ1) is 23.3. The molecule has 3 aromatic rings. The number of pyridine rings is 1. The third-order valence-corrected chi connectivity index (χ3v) is 6.59. The average Bonchev–Trinajstić information content (AvgIpc) is 3.13. The summed E-state index contributed by atoms with van der Waals surface area (Å²) in [6.07, 6.45) is 8.32. The van der Waals surface area contributed by atoms with Crippen molar-refractivity contribution in [2.75, 3.05) is 31.7 Å². The Hall–Kier alpha value is -3.48. The Bertz CT molecular complexity index is 1170. The molecule has 2 aliphatic heterocycles. The Morgan fingerprint density at radius 3 is 2.54 bits per heavy atom. The van der Waals surface area contributed by atoms with E-state index in [-0.39, 0.29) is 5.91 Å². The van der Waals surface area contributed by atoms with Gasteiger partial charge in [-0.1, -0.05) is 18.2 Å². The van der Waals surface area contributed by atoms with Crippen LogP contribution >= 0.6 is 0 Å². The maximum atomic E-state index is 13.1. The number of aromatic nitrogens is 1. The second-order valence-corrected chi connectivity index (χ2v) is 9.09. The van der Waals surface area contributed by atoms with Crippen molar-refractivity contribution in [1.82, 2.24) is 10.3 Å². The Morgan fingerprint density at radius 2 is 1.74 bits per heavy atom. The summed E-state index contributed by atoms with van der Waals surface area (Å²) in [5.41, 5.74) is 5.75. The molecule has 1 fully saturated rings. The molecule has 0 saturated carbocycles. The van der Waals surface area contributed by atoms with Crippen molar-refractivity contribution in [3.63, 3.8) is 0 Å². The van der Waals surface area contributed by atoms with Crippen molar-refractivity contribution in [1.29, 1.82) is 0 Å². The highest BCUT2D eigenvalue weighted by atomic mass is 16.5. The molecule has 0 spiro atoms. The lowest BCUT2D eigenvalue weighted by molar-refractivity contribution is -0.113. The summed E-state index contributed by atoms with van der Waals surface area (Å²) in [7, 11) is 0. The normalized spacial score (nSPS) is 15.9. The van der Waals surface area contributed by atoms with Crippen LogP contribution in [-0.2, 0) is 16.1 Å². The second-order valence-electron chi connectivity index (χ2n) is 9.09. The number of rotatable bonds is 7. The summed E-state index contributed by atoms with van der Waals surface area (Å²) in [6, 6.07) is 18.1. The molecule has 2 N–H and O–H groups in total. The third-order valence-electron chi connectivity index (χ3n) is 6.59. The fraction of sp³-hybridized carbons (Fsp3) is 0.310. The third kappa shape index (κ3) is 6.15. The molecule has 6 nitrogen and oxygen atoms in total. The largest absolute Gasteiger partial charge is 0.493 e. The fourth-order valence-corrected chi connectivity index (χ4v) is 4.51. The quantitative estimate of drug-likeness (QED) is 0.506. The molecule has 0 aliphatic carbocycles. The van der Waals surface area contributed by atoms with Gasteiger partial charge in [0.25, 0.3) is 5.91 Å². The number of benzene rings is 2. The van der Waals surface area contributed by atoms with E-state index in [9.17, 15) is 4.79 Å². The molecule has 0 unspecified atom stereocenters. The van der Waals surface area contributed by atoms with Crippen LogP contribution in [0.25, 0.3) is 17.2 Å². The first-order chi connectivity index (χ1) is 17.2. The van der Waals surface area contributed by atoms with Crippen molar-refractivity contribution in [3.8, 4) is 16.9 Å². The number of carbonyl (C=O) groups is 1. The molecule has 1 saturated heterocycles. The molecule has 0 radical (unpaired) electrons. The van der Waals surface area contributed by atoms with Gasteiger partial charge in [-0.2, -0.15) is 0 Å². The van der Waals surface area contributed by atoms with Gasteiger partial charge in [-0.05, 0) is 84.5 Å². The number of nitrogens with one attached hydrogen (secondary N) is 2. The molecular weight excluding hydrogens is 438 g/mol. The summed E-state index contributed by atoms with van der Waals surface area (Å²) >= 11 is 0. The van der Waals surface area contributed by atoms with Crippen LogP contribution in [-0.4, -0.2) is 37.3 Å². The molecule has 0 bridgehead atoms. The van der Waals surface area contributed by atoms with E-state index in [4.69, 9.17) is 9.47 Å². The first-order valence-corrected chi connectivity index (χ1v) is 12.3. The number of hydrogen-bond donors (Lipinski definition) is 2. The van der Waals surface area contributed by atoms with E-state index < -0.39 is 0 Å². The minimum absolute atomic E-state index is 0.0962. The molecule has 6 heteroatoms. The lowest BCUT2D eigenvalue weighted by Crippen LogP contribution is -2.27. The maximum Gasteiger partial charge on any atom is 0.251 e. The number of carbonyl (C=O) groups excluding carboxylic acids is 1. The topological polar surface area (TPSA) is 72.5 Å². The van der Waals surface area contributed by atoms with Gasteiger partial charge in [-0.15, -0.1) is 0 Å². The molecule has 0 atom stereocenters. The van der Waals surface area contributed by atoms with E-state index in [1.165, 1.54) is 5.56 Å². The van der Waals surface area contributed by atoms with Gasteiger partial charge in [0.05, 0.1) is 6.61 Å². The number of hydrogen-bond acceptors (Lipinski definition) is 5. The highest BCUT2D eigenvalue weighted by molar-refractivity contribution is 6.07. The molecule has 2 aromatic carbocycles. The van der Waals surface area contributed by atoms with E-state index in [0.29, 0.717) is 24.5 Å². The van der Waals surface area contributed by atoms with Gasteiger partial charge < -0.3 is 20.1 Å². The van der Waals surface area contributed by atoms with E-state index in [1.807, 2.05) is 42.5 Å². The SMILES string of the molecule is O=C(Nc1ccc(CNCC2CCOCC2)cc1)C1=Cc2cc(-c3ccncc3)ccc2OCC1. The molecule has 1 amide bonds. The minimum Gasteiger partial charge on any atom is -0.493 e. The van der Waals surface area contributed by atoms with Crippen molar-refractivity contribution in [3.05, 3.63) is 83.7 Å². The Morgan fingerprint density at radius 1 is 0.943 bits per heavy atom. The van der Waals surface area contributed by atoms with Crippen LogP contribution in [0.3, 0.4) is 0 Å². The van der Waals surface area contributed by atoms with Gasteiger partial charge in [-0.3, -0.25) is 9.78 Å². The molecule has 3 heterocycles. The van der Waals surface area contributed by atoms with Gasteiger partial charge in [-0.25, -0.2) is 0 Å². The number of fused-ring (bicyclic) bond motifs is 1. The van der Waals surface area contributed by atoms with E-state index in [0.717, 1.165) is 67.3 Å². The minimum atomic E-state index is -0.0962. The number of amides is 1. The number of anilines is 1. The van der Waals surface area contributed by atoms with Crippen molar-refractivity contribution < 1.29 is 14.3 Å². The maximum absolute atomic E-state index is 13.1. The summed E-state index contributed by atoms with van der Waals surface area (Å²) in [6.45, 7) is 4.06. The lowest BCUT2D eigenvalue weighted by Gasteiger charge is -2.22. The highest BCUT2D eigenvalue weighted by Gasteiger charge is 2.17. The number of ether oxygens (including phenoxy) is 2. The van der Waals surface area contributed by atoms with Crippen LogP contribution in [0.2, 0.25) is 0 Å². The van der Waals surface area contributed by atoms with Crippen LogP contribution in [0.15, 0.2) is 72.6 Å². The molecule has 180 valence electrons. The zero-order valence-electron chi connectivity index (χ0n) is 19.8. The highest BCUT2D eigenvalue weighted by Crippen LogP contribution is 2.31. The van der Waals surface area contributed by atoms with Gasteiger partial charge in [0, 0.05) is 55.4 Å². The van der Waals surface area contributed by atoms with Crippen molar-refractivity contribution >= 4 is 17.7 Å². The molecule has 35 heavy (non-hydrogen) atoms. The number of nitrogens with zero attached hydrogens (tertiary/aromatic N) is 1. The Kier molecular flexibility index (Phi) is 7.51. The standard InChI is InChI=1S/C29H31N3O3/c33-29(32-27-4-1-21(2-5-27)19-31-20-22-9-14-34-15-10-22)25-11-16-35-28-6-3-24(17-26(28)18-25)23-7-12-30-13-8-23/h1-8,12-13,17-18,22,31H,9-11,14-16,19-20H2,(H,32,33). The van der Waals surface area contributed by atoms with Gasteiger partial charge in [0.1, 0.15) is 5.75 Å². The molecule has 1 aromatic heterocycles. The zero-order valence-corrected chi connectivity index (χ0v) is 19.8. The zero-order chi connectivity index (χ0) is 23.9. The Balaban J connectivity index is 1.21. The second kappa shape index (κ2) is 11.3. The van der Waals surface area contributed by atoms with Crippen molar-refractivity contribution in [2.45, 2.75) is 25.8 Å². The predicted molar refractivity (Wildman–Crippen MR) is 138 cm³/mol. The van der Waals surface area contributed by atoms with E-state index >= 15 is 0 Å². The monoisotopic (exact) mass is 469 g/mol. The molecule has 2 aliphatic rings.